The van der Waals surface area contributed by atoms with Gasteiger partial charge in [-0.1, -0.05) is 23.7 Å². The van der Waals surface area contributed by atoms with Gasteiger partial charge in [0.1, 0.15) is 5.75 Å². The average molecular weight is 246 g/mol. The minimum absolute atomic E-state index is 0.172. The highest BCUT2D eigenvalue weighted by Crippen LogP contribution is 2.21. The Morgan fingerprint density at radius 2 is 2.00 bits per heavy atom. The van der Waals surface area contributed by atoms with Crippen LogP contribution in [0.2, 0.25) is 5.02 Å². The van der Waals surface area contributed by atoms with Crippen molar-refractivity contribution in [2.75, 3.05) is 0 Å². The van der Waals surface area contributed by atoms with E-state index in [9.17, 15) is 5.11 Å². The van der Waals surface area contributed by atoms with E-state index in [1.54, 1.807) is 24.4 Å². The number of aryl methyl sites for hydroxylation is 1. The van der Waals surface area contributed by atoms with Gasteiger partial charge in [-0.3, -0.25) is 4.99 Å². The Labute approximate surface area is 105 Å². The minimum atomic E-state index is 0.172. The van der Waals surface area contributed by atoms with Gasteiger partial charge in [-0.15, -0.1) is 0 Å². The summed E-state index contributed by atoms with van der Waals surface area (Å²) in [6, 6.07) is 12.7. The summed E-state index contributed by atoms with van der Waals surface area (Å²) in [5, 5.41) is 10.2. The lowest BCUT2D eigenvalue weighted by Gasteiger charge is -1.99. The number of nitrogens with zero attached hydrogens (tertiary/aromatic N) is 1. The average Bonchev–Trinajstić information content (AvgIpc) is 2.30. The van der Waals surface area contributed by atoms with E-state index >= 15 is 0 Å². The molecule has 86 valence electrons. The SMILES string of the molecule is Cc1cccc(N=Cc2cc(Cl)ccc2O)c1. The van der Waals surface area contributed by atoms with Crippen LogP contribution in [-0.2, 0) is 0 Å². The first-order valence-corrected chi connectivity index (χ1v) is 5.62. The molecule has 0 amide bonds. The van der Waals surface area contributed by atoms with Crippen LogP contribution in [0, 0.1) is 6.92 Å². The van der Waals surface area contributed by atoms with Crippen LogP contribution in [0.5, 0.6) is 5.75 Å². The van der Waals surface area contributed by atoms with Gasteiger partial charge in [-0.05, 0) is 42.8 Å². The molecule has 0 unspecified atom stereocenters. The molecule has 2 nitrogen and oxygen atoms in total. The molecule has 0 aliphatic rings. The fourth-order valence-electron chi connectivity index (χ4n) is 1.48. The molecular formula is C14H12ClNO. The number of hydrogen-bond acceptors (Lipinski definition) is 2. The van der Waals surface area contributed by atoms with Crippen molar-refractivity contribution in [2.45, 2.75) is 6.92 Å². The van der Waals surface area contributed by atoms with E-state index in [4.69, 9.17) is 11.6 Å². The maximum atomic E-state index is 9.62. The Morgan fingerprint density at radius 3 is 2.76 bits per heavy atom. The standard InChI is InChI=1S/C14H12ClNO/c1-10-3-2-4-13(7-10)16-9-11-8-12(15)5-6-14(11)17/h2-9,17H,1H3. The van der Waals surface area contributed by atoms with Crippen molar-refractivity contribution in [3.05, 3.63) is 58.6 Å². The van der Waals surface area contributed by atoms with Crippen molar-refractivity contribution >= 4 is 23.5 Å². The first-order chi connectivity index (χ1) is 8.15. The lowest BCUT2D eigenvalue weighted by molar-refractivity contribution is 0.474. The highest BCUT2D eigenvalue weighted by atomic mass is 35.5. The minimum Gasteiger partial charge on any atom is -0.507 e. The molecule has 0 saturated heterocycles. The molecule has 0 aromatic heterocycles. The number of phenolic OH excluding ortho intramolecular Hbond substituents is 1. The van der Waals surface area contributed by atoms with Gasteiger partial charge in [0.05, 0.1) is 5.69 Å². The van der Waals surface area contributed by atoms with Crippen LogP contribution in [0.25, 0.3) is 0 Å². The molecule has 0 bridgehead atoms. The van der Waals surface area contributed by atoms with Gasteiger partial charge in [0, 0.05) is 16.8 Å². The number of rotatable bonds is 2. The van der Waals surface area contributed by atoms with Gasteiger partial charge in [-0.25, -0.2) is 0 Å². The van der Waals surface area contributed by atoms with Crippen LogP contribution >= 0.6 is 11.6 Å². The molecule has 0 aliphatic carbocycles. The highest BCUT2D eigenvalue weighted by molar-refractivity contribution is 6.30. The lowest BCUT2D eigenvalue weighted by Crippen LogP contribution is -1.82. The second kappa shape index (κ2) is 5.02. The highest BCUT2D eigenvalue weighted by Gasteiger charge is 1.98. The van der Waals surface area contributed by atoms with Gasteiger partial charge in [0.25, 0.3) is 0 Å². The zero-order valence-corrected chi connectivity index (χ0v) is 10.1. The molecule has 0 fully saturated rings. The van der Waals surface area contributed by atoms with E-state index in [0.717, 1.165) is 11.3 Å². The number of aliphatic imine (C=N–C) groups is 1. The fraction of sp³-hybridized carbons (Fsp3) is 0.0714. The monoisotopic (exact) mass is 245 g/mol. The summed E-state index contributed by atoms with van der Waals surface area (Å²) >= 11 is 5.85. The second-order valence-electron chi connectivity index (χ2n) is 3.80. The van der Waals surface area contributed by atoms with Crippen molar-refractivity contribution in [2.24, 2.45) is 4.99 Å². The predicted octanol–water partition coefficient (Wildman–Crippen LogP) is 4.10. The van der Waals surface area contributed by atoms with Gasteiger partial charge < -0.3 is 5.11 Å². The van der Waals surface area contributed by atoms with Crippen LogP contribution in [0.4, 0.5) is 5.69 Å². The molecule has 17 heavy (non-hydrogen) atoms. The fourth-order valence-corrected chi connectivity index (χ4v) is 1.66. The van der Waals surface area contributed by atoms with E-state index in [1.165, 1.54) is 0 Å². The third-order valence-corrected chi connectivity index (χ3v) is 2.58. The number of phenols is 1. The topological polar surface area (TPSA) is 32.6 Å². The van der Waals surface area contributed by atoms with Crippen molar-refractivity contribution in [1.29, 1.82) is 0 Å². The summed E-state index contributed by atoms with van der Waals surface area (Å²) in [4.78, 5) is 4.30. The lowest BCUT2D eigenvalue weighted by atomic mass is 10.2. The van der Waals surface area contributed by atoms with Crippen LogP contribution < -0.4 is 0 Å². The molecular weight excluding hydrogens is 234 g/mol. The van der Waals surface area contributed by atoms with E-state index in [-0.39, 0.29) is 5.75 Å². The van der Waals surface area contributed by atoms with Gasteiger partial charge >= 0.3 is 0 Å². The van der Waals surface area contributed by atoms with Gasteiger partial charge in [0.2, 0.25) is 0 Å². The van der Waals surface area contributed by atoms with Crippen molar-refractivity contribution < 1.29 is 5.11 Å². The van der Waals surface area contributed by atoms with Crippen molar-refractivity contribution in [1.82, 2.24) is 0 Å². The summed E-state index contributed by atoms with van der Waals surface area (Å²) in [6.07, 6.45) is 1.61. The normalized spacial score (nSPS) is 10.9. The number of benzene rings is 2. The van der Waals surface area contributed by atoms with E-state index in [2.05, 4.69) is 4.99 Å². The molecule has 0 aliphatic heterocycles. The smallest absolute Gasteiger partial charge is 0.124 e. The zero-order valence-electron chi connectivity index (χ0n) is 9.39. The van der Waals surface area contributed by atoms with Crippen LogP contribution in [0.1, 0.15) is 11.1 Å². The molecule has 0 radical (unpaired) electrons. The molecule has 0 spiro atoms. The van der Waals surface area contributed by atoms with E-state index < -0.39 is 0 Å². The van der Waals surface area contributed by atoms with E-state index in [1.807, 2.05) is 31.2 Å². The summed E-state index contributed by atoms with van der Waals surface area (Å²) in [5.41, 5.74) is 2.61. The van der Waals surface area contributed by atoms with Crippen LogP contribution in [0.15, 0.2) is 47.5 Å². The van der Waals surface area contributed by atoms with Gasteiger partial charge in [-0.2, -0.15) is 0 Å². The van der Waals surface area contributed by atoms with Crippen molar-refractivity contribution in [3.8, 4) is 5.75 Å². The van der Waals surface area contributed by atoms with Crippen LogP contribution in [-0.4, -0.2) is 11.3 Å². The zero-order chi connectivity index (χ0) is 12.3. The third kappa shape index (κ3) is 3.08. The van der Waals surface area contributed by atoms with Crippen molar-refractivity contribution in [3.63, 3.8) is 0 Å². The summed E-state index contributed by atoms with van der Waals surface area (Å²) in [5.74, 6) is 0.172. The number of hydrogen-bond donors (Lipinski definition) is 1. The molecule has 3 heteroatoms. The number of aromatic hydroxyl groups is 1. The first-order valence-electron chi connectivity index (χ1n) is 5.24. The molecule has 0 heterocycles. The largest absolute Gasteiger partial charge is 0.507 e. The Morgan fingerprint density at radius 1 is 1.18 bits per heavy atom. The Kier molecular flexibility index (Phi) is 3.45. The maximum absolute atomic E-state index is 9.62. The number of halogens is 1. The summed E-state index contributed by atoms with van der Waals surface area (Å²) < 4.78 is 0. The molecule has 0 atom stereocenters. The molecule has 2 rings (SSSR count). The molecule has 0 saturated carbocycles. The maximum Gasteiger partial charge on any atom is 0.124 e. The Hall–Kier alpha value is -1.80. The van der Waals surface area contributed by atoms with E-state index in [0.29, 0.717) is 10.6 Å². The van der Waals surface area contributed by atoms with Gasteiger partial charge in [0.15, 0.2) is 0 Å². The molecule has 2 aromatic rings. The van der Waals surface area contributed by atoms with Crippen LogP contribution in [0.3, 0.4) is 0 Å². The molecule has 2 aromatic carbocycles. The Balaban J connectivity index is 2.29. The molecule has 1 N–H and O–H groups in total. The third-order valence-electron chi connectivity index (χ3n) is 2.34. The predicted molar refractivity (Wildman–Crippen MR) is 71.5 cm³/mol. The summed E-state index contributed by atoms with van der Waals surface area (Å²) in [7, 11) is 0. The Bertz CT molecular complexity index is 564. The summed E-state index contributed by atoms with van der Waals surface area (Å²) in [6.45, 7) is 2.01. The second-order valence-corrected chi connectivity index (χ2v) is 4.24. The first kappa shape index (κ1) is 11.7. The quantitative estimate of drug-likeness (QED) is 0.794.